The minimum atomic E-state index is -3.17. The summed E-state index contributed by atoms with van der Waals surface area (Å²) >= 11 is 0. The van der Waals surface area contributed by atoms with Gasteiger partial charge in [0.15, 0.2) is 15.8 Å². The summed E-state index contributed by atoms with van der Waals surface area (Å²) in [6.07, 6.45) is 4.47. The molecule has 0 aliphatic heterocycles. The molecule has 0 heterocycles. The van der Waals surface area contributed by atoms with Crippen molar-refractivity contribution < 1.29 is 13.2 Å². The maximum Gasteiger partial charge on any atom is 0.191 e. The number of hydrogen-bond acceptors (Lipinski definition) is 4. The van der Waals surface area contributed by atoms with Crippen molar-refractivity contribution in [1.82, 2.24) is 10.6 Å². The first kappa shape index (κ1) is 24.1. The van der Waals surface area contributed by atoms with Gasteiger partial charge in [-0.05, 0) is 43.4 Å². The molecule has 0 radical (unpaired) electrons. The lowest BCUT2D eigenvalue weighted by Crippen LogP contribution is -2.37. The van der Waals surface area contributed by atoms with Crippen molar-refractivity contribution >= 4 is 39.8 Å². The zero-order chi connectivity index (χ0) is 18.0. The van der Waals surface area contributed by atoms with E-state index in [1.807, 2.05) is 19.1 Å². The fraction of sp³-hybridized carbons (Fsp3) is 0.588. The van der Waals surface area contributed by atoms with Crippen molar-refractivity contribution in [3.63, 3.8) is 0 Å². The summed E-state index contributed by atoms with van der Waals surface area (Å²) in [5.41, 5.74) is 1.78. The van der Waals surface area contributed by atoms with E-state index in [4.69, 9.17) is 4.74 Å². The van der Waals surface area contributed by atoms with Crippen LogP contribution in [0, 0.1) is 6.92 Å². The van der Waals surface area contributed by atoms with Gasteiger partial charge < -0.3 is 15.4 Å². The van der Waals surface area contributed by atoms with Gasteiger partial charge in [0.2, 0.25) is 0 Å². The molecular weight excluding hydrogens is 453 g/mol. The van der Waals surface area contributed by atoms with Crippen molar-refractivity contribution in [2.75, 3.05) is 33.6 Å². The van der Waals surface area contributed by atoms with Crippen molar-refractivity contribution in [2.24, 2.45) is 4.99 Å². The van der Waals surface area contributed by atoms with Crippen LogP contribution in [0.15, 0.2) is 28.1 Å². The van der Waals surface area contributed by atoms with E-state index >= 15 is 0 Å². The number of hydrogen-bond donors (Lipinski definition) is 2. The third kappa shape index (κ3) is 9.41. The van der Waals surface area contributed by atoms with E-state index in [1.54, 1.807) is 20.2 Å². The Hall–Kier alpha value is -0.870. The quantitative estimate of drug-likeness (QED) is 0.244. The van der Waals surface area contributed by atoms with Crippen LogP contribution in [0.4, 0.5) is 0 Å². The SMILES string of the molecule is CN=C(NCCCCCOC)NCc1ccc(S(C)(=O)=O)c(C)c1.I. The molecule has 0 fully saturated rings. The van der Waals surface area contributed by atoms with Crippen LogP contribution < -0.4 is 10.6 Å². The molecule has 0 saturated carbocycles. The number of aliphatic imine (C=N–C) groups is 1. The predicted octanol–water partition coefficient (Wildman–Crippen LogP) is 2.50. The zero-order valence-electron chi connectivity index (χ0n) is 15.5. The van der Waals surface area contributed by atoms with Gasteiger partial charge in [-0.2, -0.15) is 0 Å². The number of guanidine groups is 1. The first-order valence-corrected chi connectivity index (χ1v) is 10.0. The van der Waals surface area contributed by atoms with E-state index in [-0.39, 0.29) is 24.0 Å². The highest BCUT2D eigenvalue weighted by Crippen LogP contribution is 2.16. The molecule has 1 aromatic rings. The van der Waals surface area contributed by atoms with Crippen LogP contribution in [0.3, 0.4) is 0 Å². The van der Waals surface area contributed by atoms with E-state index in [0.717, 1.165) is 49.5 Å². The summed E-state index contributed by atoms with van der Waals surface area (Å²) in [6.45, 7) is 4.06. The Kier molecular flexibility index (Phi) is 12.0. The average molecular weight is 483 g/mol. The molecular formula is C17H30IN3O3S. The summed E-state index contributed by atoms with van der Waals surface area (Å²) in [5, 5.41) is 6.51. The molecule has 0 spiro atoms. The van der Waals surface area contributed by atoms with Crippen LogP contribution in [-0.2, 0) is 21.1 Å². The normalized spacial score (nSPS) is 11.8. The van der Waals surface area contributed by atoms with Crippen molar-refractivity contribution in [3.8, 4) is 0 Å². The maximum atomic E-state index is 11.6. The smallest absolute Gasteiger partial charge is 0.191 e. The van der Waals surface area contributed by atoms with Gasteiger partial charge in [0.25, 0.3) is 0 Å². The Labute approximate surface area is 168 Å². The van der Waals surface area contributed by atoms with E-state index in [9.17, 15) is 8.42 Å². The summed E-state index contributed by atoms with van der Waals surface area (Å²) in [7, 11) is 0.278. The lowest BCUT2D eigenvalue weighted by atomic mass is 10.1. The first-order chi connectivity index (χ1) is 11.4. The molecule has 0 unspecified atom stereocenters. The van der Waals surface area contributed by atoms with Crippen LogP contribution in [-0.4, -0.2) is 47.9 Å². The highest BCUT2D eigenvalue weighted by atomic mass is 127. The van der Waals surface area contributed by atoms with Crippen LogP contribution >= 0.6 is 24.0 Å². The van der Waals surface area contributed by atoms with Crippen LogP contribution in [0.5, 0.6) is 0 Å². The molecule has 1 rings (SSSR count). The van der Waals surface area contributed by atoms with E-state index < -0.39 is 9.84 Å². The van der Waals surface area contributed by atoms with Crippen molar-refractivity contribution in [3.05, 3.63) is 29.3 Å². The van der Waals surface area contributed by atoms with Gasteiger partial charge in [-0.15, -0.1) is 24.0 Å². The average Bonchev–Trinajstić information content (AvgIpc) is 2.52. The zero-order valence-corrected chi connectivity index (χ0v) is 18.6. The molecule has 1 aromatic carbocycles. The van der Waals surface area contributed by atoms with Gasteiger partial charge in [-0.1, -0.05) is 12.1 Å². The number of unbranched alkanes of at least 4 members (excludes halogenated alkanes) is 2. The Balaban J connectivity index is 0.00000576. The minimum Gasteiger partial charge on any atom is -0.385 e. The van der Waals surface area contributed by atoms with Gasteiger partial charge in [0.05, 0.1) is 4.90 Å². The summed E-state index contributed by atoms with van der Waals surface area (Å²) in [4.78, 5) is 4.57. The number of sulfone groups is 1. The van der Waals surface area contributed by atoms with Gasteiger partial charge >= 0.3 is 0 Å². The second-order valence-electron chi connectivity index (χ2n) is 5.78. The third-order valence-electron chi connectivity index (χ3n) is 3.64. The second-order valence-corrected chi connectivity index (χ2v) is 7.76. The molecule has 0 aromatic heterocycles. The molecule has 0 saturated heterocycles. The molecule has 144 valence electrons. The fourth-order valence-corrected chi connectivity index (χ4v) is 3.36. The second kappa shape index (κ2) is 12.5. The van der Waals surface area contributed by atoms with E-state index in [2.05, 4.69) is 15.6 Å². The minimum absolute atomic E-state index is 0. The largest absolute Gasteiger partial charge is 0.385 e. The third-order valence-corrected chi connectivity index (χ3v) is 4.90. The van der Waals surface area contributed by atoms with Crippen molar-refractivity contribution in [2.45, 2.75) is 37.6 Å². The summed E-state index contributed by atoms with van der Waals surface area (Å²) in [6, 6.07) is 5.38. The van der Waals surface area contributed by atoms with Gasteiger partial charge in [0.1, 0.15) is 0 Å². The lowest BCUT2D eigenvalue weighted by molar-refractivity contribution is 0.192. The van der Waals surface area contributed by atoms with Crippen LogP contribution in [0.1, 0.15) is 30.4 Å². The maximum absolute atomic E-state index is 11.6. The van der Waals surface area contributed by atoms with Crippen LogP contribution in [0.25, 0.3) is 0 Å². The van der Waals surface area contributed by atoms with Gasteiger partial charge in [0, 0.05) is 40.1 Å². The highest BCUT2D eigenvalue weighted by Gasteiger charge is 2.10. The molecule has 0 bridgehead atoms. The number of ether oxygens (including phenoxy) is 1. The lowest BCUT2D eigenvalue weighted by Gasteiger charge is -2.13. The Morgan fingerprint density at radius 2 is 1.92 bits per heavy atom. The van der Waals surface area contributed by atoms with Gasteiger partial charge in [-0.3, -0.25) is 4.99 Å². The van der Waals surface area contributed by atoms with Gasteiger partial charge in [-0.25, -0.2) is 8.42 Å². The topological polar surface area (TPSA) is 79.8 Å². The number of methoxy groups -OCH3 is 1. The Morgan fingerprint density at radius 3 is 2.48 bits per heavy atom. The Morgan fingerprint density at radius 1 is 1.20 bits per heavy atom. The molecule has 2 N–H and O–H groups in total. The highest BCUT2D eigenvalue weighted by molar-refractivity contribution is 14.0. The fourth-order valence-electron chi connectivity index (χ4n) is 2.40. The molecule has 0 aliphatic rings. The summed E-state index contributed by atoms with van der Waals surface area (Å²) in [5.74, 6) is 0.742. The Bertz CT molecular complexity index is 649. The molecule has 0 amide bonds. The monoisotopic (exact) mass is 483 g/mol. The number of nitrogens with one attached hydrogen (secondary N) is 2. The van der Waals surface area contributed by atoms with Crippen LogP contribution in [0.2, 0.25) is 0 Å². The number of nitrogens with zero attached hydrogens (tertiary/aromatic N) is 1. The van der Waals surface area contributed by atoms with E-state index in [0.29, 0.717) is 11.4 Å². The molecule has 25 heavy (non-hydrogen) atoms. The van der Waals surface area contributed by atoms with E-state index in [1.165, 1.54) is 6.26 Å². The number of rotatable bonds is 9. The predicted molar refractivity (Wildman–Crippen MR) is 114 cm³/mol. The molecule has 0 aliphatic carbocycles. The number of halogens is 1. The molecule has 6 nitrogen and oxygen atoms in total. The number of aryl methyl sites for hydroxylation is 1. The number of benzene rings is 1. The summed E-state index contributed by atoms with van der Waals surface area (Å²) < 4.78 is 28.3. The standard InChI is InChI=1S/C17H29N3O3S.HI/c1-14-12-15(8-9-16(14)24(4,21)22)13-20-17(18-2)19-10-6-5-7-11-23-3;/h8-9,12H,5-7,10-11,13H2,1-4H3,(H2,18,19,20);1H. The molecule has 8 heteroatoms. The molecule has 0 atom stereocenters. The van der Waals surface area contributed by atoms with Crippen molar-refractivity contribution in [1.29, 1.82) is 0 Å². The first-order valence-electron chi connectivity index (χ1n) is 8.11.